The van der Waals surface area contributed by atoms with Crippen LogP contribution in [-0.4, -0.2) is 12.1 Å². The van der Waals surface area contributed by atoms with Gasteiger partial charge in [-0.25, -0.2) is 0 Å². The van der Waals surface area contributed by atoms with Gasteiger partial charge in [0.2, 0.25) is 0 Å². The Hall–Kier alpha value is -0.530. The highest BCUT2D eigenvalue weighted by atomic mass is 16.5. The van der Waals surface area contributed by atoms with E-state index >= 15 is 0 Å². The van der Waals surface area contributed by atoms with Crippen molar-refractivity contribution >= 4 is 5.97 Å². The molecular formula is C15H30O2. The molecule has 2 heteroatoms. The molecule has 1 atom stereocenters. The molecule has 0 aromatic carbocycles. The number of carbonyl (C=O) groups excluding carboxylic acids is 1. The number of ether oxygens (including phenoxy) is 1. The molecule has 0 aromatic heterocycles. The second kappa shape index (κ2) is 8.54. The minimum absolute atomic E-state index is 0.00455. The van der Waals surface area contributed by atoms with Gasteiger partial charge in [0.25, 0.3) is 0 Å². The first-order valence-corrected chi connectivity index (χ1v) is 7.07. The average molecular weight is 242 g/mol. The van der Waals surface area contributed by atoms with Gasteiger partial charge in [0.1, 0.15) is 6.10 Å². The van der Waals surface area contributed by atoms with Gasteiger partial charge in [-0.1, -0.05) is 59.8 Å². The number of unbranched alkanes of at least 4 members (excludes halogenated alkanes) is 5. The molecule has 102 valence electrons. The minimum atomic E-state index is -0.0390. The van der Waals surface area contributed by atoms with Gasteiger partial charge >= 0.3 is 5.97 Å². The Morgan fingerprint density at radius 2 is 1.59 bits per heavy atom. The third-order valence-corrected chi connectivity index (χ3v) is 3.26. The van der Waals surface area contributed by atoms with Crippen molar-refractivity contribution in [3.63, 3.8) is 0 Å². The molecule has 0 aliphatic rings. The van der Waals surface area contributed by atoms with Crippen LogP contribution in [0.3, 0.4) is 0 Å². The molecule has 0 aromatic rings. The first-order valence-electron chi connectivity index (χ1n) is 7.07. The molecule has 0 saturated heterocycles. The van der Waals surface area contributed by atoms with E-state index in [2.05, 4.69) is 27.7 Å². The molecule has 17 heavy (non-hydrogen) atoms. The molecule has 0 amide bonds. The third kappa shape index (κ3) is 9.20. The van der Waals surface area contributed by atoms with Crippen molar-refractivity contribution in [3.05, 3.63) is 0 Å². The maximum atomic E-state index is 11.6. The number of hydrogen-bond acceptors (Lipinski definition) is 2. The highest BCUT2D eigenvalue weighted by molar-refractivity contribution is 5.69. The van der Waals surface area contributed by atoms with E-state index in [1.165, 1.54) is 25.7 Å². The topological polar surface area (TPSA) is 26.3 Å². The summed E-state index contributed by atoms with van der Waals surface area (Å²) in [6.45, 7) is 10.5. The van der Waals surface area contributed by atoms with Crippen molar-refractivity contribution in [1.29, 1.82) is 0 Å². The van der Waals surface area contributed by atoms with E-state index in [1.807, 2.05) is 6.92 Å². The number of hydrogen-bond donors (Lipinski definition) is 0. The highest BCUT2D eigenvalue weighted by Crippen LogP contribution is 2.22. The molecule has 0 N–H and O–H groups in total. The third-order valence-electron chi connectivity index (χ3n) is 3.26. The van der Waals surface area contributed by atoms with Gasteiger partial charge in [0.05, 0.1) is 0 Å². The molecule has 0 saturated carbocycles. The lowest BCUT2D eigenvalue weighted by atomic mass is 9.90. The Morgan fingerprint density at radius 3 is 2.12 bits per heavy atom. The number of carbonyl (C=O) groups is 1. The molecule has 0 aliphatic heterocycles. The van der Waals surface area contributed by atoms with Crippen LogP contribution in [0.25, 0.3) is 0 Å². The summed E-state index contributed by atoms with van der Waals surface area (Å²) in [7, 11) is 0. The fourth-order valence-electron chi connectivity index (χ4n) is 1.48. The normalized spacial score (nSPS) is 13.5. The largest absolute Gasteiger partial charge is 0.462 e. The predicted molar refractivity (Wildman–Crippen MR) is 73.0 cm³/mol. The standard InChI is InChI=1S/C15H30O2/c1-6-7-8-9-10-11-12-14(16)17-13(2)15(3,4)5/h13H,6-12H2,1-5H3. The van der Waals surface area contributed by atoms with Gasteiger partial charge in [0.15, 0.2) is 0 Å². The number of rotatable bonds is 8. The molecule has 0 rings (SSSR count). The summed E-state index contributed by atoms with van der Waals surface area (Å²) in [5.41, 5.74) is 0.0385. The van der Waals surface area contributed by atoms with E-state index in [1.54, 1.807) is 0 Å². The van der Waals surface area contributed by atoms with Gasteiger partial charge < -0.3 is 4.74 Å². The van der Waals surface area contributed by atoms with Crippen LogP contribution in [0.2, 0.25) is 0 Å². The van der Waals surface area contributed by atoms with E-state index in [9.17, 15) is 4.79 Å². The second-order valence-electron chi connectivity index (χ2n) is 6.02. The van der Waals surface area contributed by atoms with Crippen LogP contribution in [0, 0.1) is 5.41 Å². The Kier molecular flexibility index (Phi) is 8.28. The maximum Gasteiger partial charge on any atom is 0.306 e. The summed E-state index contributed by atoms with van der Waals surface area (Å²) in [4.78, 5) is 11.6. The molecule has 0 radical (unpaired) electrons. The molecule has 0 fully saturated rings. The first kappa shape index (κ1) is 16.5. The van der Waals surface area contributed by atoms with Crippen molar-refractivity contribution in [2.24, 2.45) is 5.41 Å². The van der Waals surface area contributed by atoms with Gasteiger partial charge in [0, 0.05) is 6.42 Å². The van der Waals surface area contributed by atoms with E-state index in [0.717, 1.165) is 12.8 Å². The average Bonchev–Trinajstić information content (AvgIpc) is 2.21. The fraction of sp³-hybridized carbons (Fsp3) is 0.933. The van der Waals surface area contributed by atoms with E-state index in [4.69, 9.17) is 4.74 Å². The van der Waals surface area contributed by atoms with E-state index < -0.39 is 0 Å². The Balaban J connectivity index is 3.53. The SMILES string of the molecule is CCCCCCCCC(=O)OC(C)C(C)(C)C. The maximum absolute atomic E-state index is 11.6. The van der Waals surface area contributed by atoms with Gasteiger partial charge in [-0.15, -0.1) is 0 Å². The molecular weight excluding hydrogens is 212 g/mol. The predicted octanol–water partition coefficient (Wildman–Crippen LogP) is 4.71. The van der Waals surface area contributed by atoms with Crippen molar-refractivity contribution in [3.8, 4) is 0 Å². The number of esters is 1. The molecule has 0 aliphatic carbocycles. The summed E-state index contributed by atoms with van der Waals surface area (Å²) in [6.07, 6.45) is 7.82. The Bertz CT molecular complexity index is 203. The summed E-state index contributed by atoms with van der Waals surface area (Å²) in [6, 6.07) is 0. The zero-order chi connectivity index (χ0) is 13.3. The summed E-state index contributed by atoms with van der Waals surface area (Å²) >= 11 is 0. The van der Waals surface area contributed by atoms with Gasteiger partial charge in [-0.05, 0) is 18.8 Å². The molecule has 0 spiro atoms. The Labute approximate surface area is 107 Å². The lowest BCUT2D eigenvalue weighted by molar-refractivity contribution is -0.153. The smallest absolute Gasteiger partial charge is 0.306 e. The molecule has 1 unspecified atom stereocenters. The lowest BCUT2D eigenvalue weighted by Gasteiger charge is -2.26. The second-order valence-corrected chi connectivity index (χ2v) is 6.02. The first-order chi connectivity index (χ1) is 7.88. The van der Waals surface area contributed by atoms with Crippen LogP contribution in [0.1, 0.15) is 79.6 Å². The summed E-state index contributed by atoms with van der Waals surface area (Å²) in [5, 5.41) is 0. The van der Waals surface area contributed by atoms with Crippen LogP contribution in [0.15, 0.2) is 0 Å². The van der Waals surface area contributed by atoms with Crippen molar-refractivity contribution < 1.29 is 9.53 Å². The minimum Gasteiger partial charge on any atom is -0.462 e. The van der Waals surface area contributed by atoms with Gasteiger partial charge in [-0.3, -0.25) is 4.79 Å². The van der Waals surface area contributed by atoms with Crippen LogP contribution in [0.5, 0.6) is 0 Å². The molecule has 2 nitrogen and oxygen atoms in total. The highest BCUT2D eigenvalue weighted by Gasteiger charge is 2.23. The van der Waals surface area contributed by atoms with Crippen LogP contribution >= 0.6 is 0 Å². The zero-order valence-corrected chi connectivity index (χ0v) is 12.3. The van der Waals surface area contributed by atoms with Crippen molar-refractivity contribution in [2.75, 3.05) is 0 Å². The lowest BCUT2D eigenvalue weighted by Crippen LogP contribution is -2.28. The van der Waals surface area contributed by atoms with Crippen molar-refractivity contribution in [2.45, 2.75) is 85.7 Å². The van der Waals surface area contributed by atoms with Crippen LogP contribution in [-0.2, 0) is 9.53 Å². The Morgan fingerprint density at radius 1 is 1.06 bits per heavy atom. The summed E-state index contributed by atoms with van der Waals surface area (Å²) in [5.74, 6) is -0.0390. The molecule has 0 bridgehead atoms. The monoisotopic (exact) mass is 242 g/mol. The zero-order valence-electron chi connectivity index (χ0n) is 12.3. The van der Waals surface area contributed by atoms with Crippen LogP contribution in [0.4, 0.5) is 0 Å². The van der Waals surface area contributed by atoms with E-state index in [-0.39, 0.29) is 17.5 Å². The van der Waals surface area contributed by atoms with Gasteiger partial charge in [-0.2, -0.15) is 0 Å². The van der Waals surface area contributed by atoms with Crippen molar-refractivity contribution in [1.82, 2.24) is 0 Å². The summed E-state index contributed by atoms with van der Waals surface area (Å²) < 4.78 is 5.40. The van der Waals surface area contributed by atoms with Crippen LogP contribution < -0.4 is 0 Å². The fourth-order valence-corrected chi connectivity index (χ4v) is 1.48. The molecule has 0 heterocycles. The van der Waals surface area contributed by atoms with E-state index in [0.29, 0.717) is 6.42 Å². The quantitative estimate of drug-likeness (QED) is 0.455.